The van der Waals surface area contributed by atoms with Gasteiger partial charge in [-0.15, -0.1) is 0 Å². The minimum atomic E-state index is -0.913. The number of aliphatic hydroxyl groups excluding tert-OH is 1. The summed E-state index contributed by atoms with van der Waals surface area (Å²) in [4.78, 5) is 25.0. The van der Waals surface area contributed by atoms with Gasteiger partial charge in [0.05, 0.1) is 12.0 Å². The van der Waals surface area contributed by atoms with Gasteiger partial charge < -0.3 is 19.3 Å². The van der Waals surface area contributed by atoms with Crippen molar-refractivity contribution in [3.8, 4) is 5.75 Å². The van der Waals surface area contributed by atoms with Gasteiger partial charge in [0.25, 0.3) is 0 Å². The van der Waals surface area contributed by atoms with Crippen LogP contribution in [0.15, 0.2) is 54.6 Å². The molecule has 180 valence electrons. The number of carbonyl (C=O) groups is 2. The highest BCUT2D eigenvalue weighted by molar-refractivity contribution is 5.83. The molecule has 1 N–H and O–H groups in total. The maximum Gasteiger partial charge on any atom is 0.344 e. The summed E-state index contributed by atoms with van der Waals surface area (Å²) in [7, 11) is 0. The molecule has 1 unspecified atom stereocenters. The van der Waals surface area contributed by atoms with Gasteiger partial charge in [-0.1, -0.05) is 62.7 Å². The van der Waals surface area contributed by atoms with E-state index in [0.717, 1.165) is 24.0 Å². The number of hydrogen-bond acceptors (Lipinski definition) is 6. The molecule has 0 spiro atoms. The lowest BCUT2D eigenvalue weighted by atomic mass is 9.76. The Balaban J connectivity index is 2.20. The van der Waals surface area contributed by atoms with Gasteiger partial charge in [0.15, 0.2) is 6.61 Å². The van der Waals surface area contributed by atoms with Crippen LogP contribution in [-0.2, 0) is 31.1 Å². The van der Waals surface area contributed by atoms with Crippen molar-refractivity contribution in [2.75, 3.05) is 19.8 Å². The van der Waals surface area contributed by atoms with E-state index in [1.807, 2.05) is 57.2 Å². The van der Waals surface area contributed by atoms with E-state index in [9.17, 15) is 14.7 Å². The Hall–Kier alpha value is -2.86. The average molecular weight is 457 g/mol. The van der Waals surface area contributed by atoms with Crippen LogP contribution in [0.2, 0.25) is 0 Å². The van der Waals surface area contributed by atoms with Gasteiger partial charge in [-0.25, -0.2) is 4.79 Å². The van der Waals surface area contributed by atoms with Crippen molar-refractivity contribution in [3.05, 3.63) is 65.7 Å². The van der Waals surface area contributed by atoms with Crippen molar-refractivity contribution in [3.63, 3.8) is 0 Å². The van der Waals surface area contributed by atoms with Crippen LogP contribution in [0.1, 0.15) is 58.1 Å². The maximum absolute atomic E-state index is 13.3. The molecule has 33 heavy (non-hydrogen) atoms. The fourth-order valence-corrected chi connectivity index (χ4v) is 3.52. The topological polar surface area (TPSA) is 82.1 Å². The van der Waals surface area contributed by atoms with Gasteiger partial charge in [-0.2, -0.15) is 0 Å². The third kappa shape index (κ3) is 8.21. The molecule has 2 aromatic carbocycles. The summed E-state index contributed by atoms with van der Waals surface area (Å²) in [6.07, 6.45) is 2.05. The number of benzene rings is 2. The summed E-state index contributed by atoms with van der Waals surface area (Å²) in [5.74, 6) is -0.284. The second-order valence-electron chi connectivity index (χ2n) is 9.19. The first-order valence-electron chi connectivity index (χ1n) is 11.4. The molecule has 6 heteroatoms. The Labute approximate surface area is 196 Å². The zero-order valence-electron chi connectivity index (χ0n) is 20.1. The highest BCUT2D eigenvalue weighted by atomic mass is 16.6. The minimum absolute atomic E-state index is 0.0827. The number of ether oxygens (including phenoxy) is 3. The molecular formula is C27H36O6. The molecule has 0 saturated heterocycles. The zero-order valence-corrected chi connectivity index (χ0v) is 20.1. The minimum Gasteiger partial charge on any atom is -0.482 e. The summed E-state index contributed by atoms with van der Waals surface area (Å²) >= 11 is 0. The molecule has 2 rings (SSSR count). The van der Waals surface area contributed by atoms with Crippen molar-refractivity contribution in [2.24, 2.45) is 5.41 Å². The van der Waals surface area contributed by atoms with Crippen LogP contribution in [-0.4, -0.2) is 36.9 Å². The molecule has 0 heterocycles. The monoisotopic (exact) mass is 456 g/mol. The first-order valence-corrected chi connectivity index (χ1v) is 11.4. The molecule has 0 aliphatic rings. The smallest absolute Gasteiger partial charge is 0.344 e. The van der Waals surface area contributed by atoms with Gasteiger partial charge in [-0.05, 0) is 55.4 Å². The number of rotatable bonds is 13. The van der Waals surface area contributed by atoms with Crippen LogP contribution in [0.5, 0.6) is 5.75 Å². The summed E-state index contributed by atoms with van der Waals surface area (Å²) in [5.41, 5.74) is 0.535. The van der Waals surface area contributed by atoms with E-state index in [0.29, 0.717) is 12.2 Å². The highest BCUT2D eigenvalue weighted by Crippen LogP contribution is 2.35. The maximum atomic E-state index is 13.3. The van der Waals surface area contributed by atoms with Crippen molar-refractivity contribution in [1.29, 1.82) is 0 Å². The quantitative estimate of drug-likeness (QED) is 0.435. The largest absolute Gasteiger partial charge is 0.482 e. The number of esters is 2. The van der Waals surface area contributed by atoms with E-state index in [-0.39, 0.29) is 37.8 Å². The van der Waals surface area contributed by atoms with E-state index < -0.39 is 11.4 Å². The van der Waals surface area contributed by atoms with Crippen LogP contribution in [0.4, 0.5) is 0 Å². The first-order chi connectivity index (χ1) is 15.7. The van der Waals surface area contributed by atoms with Crippen LogP contribution >= 0.6 is 0 Å². The van der Waals surface area contributed by atoms with Crippen LogP contribution < -0.4 is 4.74 Å². The normalized spacial score (nSPS) is 13.1. The van der Waals surface area contributed by atoms with Crippen LogP contribution in [0.3, 0.4) is 0 Å². The third-order valence-corrected chi connectivity index (χ3v) is 5.75. The van der Waals surface area contributed by atoms with E-state index in [1.165, 1.54) is 0 Å². The third-order valence-electron chi connectivity index (χ3n) is 5.75. The van der Waals surface area contributed by atoms with Gasteiger partial charge in [0.1, 0.15) is 12.4 Å². The SMILES string of the molecule is CCOC(=O)COc1cccc(C(C)(CCCC(C)(C)CO)C(=O)OCc2ccccc2)c1. The molecule has 0 aliphatic heterocycles. The second kappa shape index (κ2) is 12.4. The summed E-state index contributed by atoms with van der Waals surface area (Å²) in [6.45, 7) is 7.98. The number of aliphatic hydroxyl groups is 1. The predicted molar refractivity (Wildman–Crippen MR) is 127 cm³/mol. The second-order valence-corrected chi connectivity index (χ2v) is 9.19. The van der Waals surface area contributed by atoms with Gasteiger partial charge in [0, 0.05) is 6.61 Å². The highest BCUT2D eigenvalue weighted by Gasteiger charge is 2.37. The molecule has 0 fully saturated rings. The lowest BCUT2D eigenvalue weighted by molar-refractivity contribution is -0.152. The molecule has 2 aromatic rings. The van der Waals surface area contributed by atoms with Crippen molar-refractivity contribution >= 4 is 11.9 Å². The summed E-state index contributed by atoms with van der Waals surface area (Å²) < 4.78 is 16.2. The summed E-state index contributed by atoms with van der Waals surface area (Å²) in [5, 5.41) is 9.59. The predicted octanol–water partition coefficient (Wildman–Crippen LogP) is 4.82. The summed E-state index contributed by atoms with van der Waals surface area (Å²) in [6, 6.07) is 16.8. The fraction of sp³-hybridized carbons (Fsp3) is 0.481. The Morgan fingerprint density at radius 3 is 2.33 bits per heavy atom. The fourth-order valence-electron chi connectivity index (χ4n) is 3.52. The van der Waals surface area contributed by atoms with Crippen molar-refractivity contribution in [2.45, 2.75) is 59.0 Å². The van der Waals surface area contributed by atoms with Crippen molar-refractivity contribution < 1.29 is 28.9 Å². The van der Waals surface area contributed by atoms with Crippen molar-refractivity contribution in [1.82, 2.24) is 0 Å². The molecule has 0 saturated carbocycles. The molecule has 6 nitrogen and oxygen atoms in total. The average Bonchev–Trinajstić information content (AvgIpc) is 2.82. The van der Waals surface area contributed by atoms with E-state index in [1.54, 1.807) is 25.1 Å². The number of hydrogen-bond donors (Lipinski definition) is 1. The molecular weight excluding hydrogens is 420 g/mol. The zero-order chi connectivity index (χ0) is 24.3. The lowest BCUT2D eigenvalue weighted by Gasteiger charge is -2.30. The van der Waals surface area contributed by atoms with Gasteiger partial charge in [-0.3, -0.25) is 4.79 Å². The Morgan fingerprint density at radius 2 is 1.67 bits per heavy atom. The molecule has 0 amide bonds. The van der Waals surface area contributed by atoms with E-state index >= 15 is 0 Å². The van der Waals surface area contributed by atoms with Gasteiger partial charge >= 0.3 is 11.9 Å². The standard InChI is InChI=1S/C27H36O6/c1-5-31-24(29)19-32-23-14-9-13-22(17-23)27(4,16-10-15-26(2,3)20-28)25(30)33-18-21-11-7-6-8-12-21/h6-9,11-14,17,28H,5,10,15-16,18-20H2,1-4H3. The Bertz CT molecular complexity index is 892. The van der Waals surface area contributed by atoms with E-state index in [4.69, 9.17) is 14.2 Å². The molecule has 0 bridgehead atoms. The van der Waals surface area contributed by atoms with Crippen LogP contribution in [0, 0.1) is 5.41 Å². The number of carbonyl (C=O) groups excluding carboxylic acids is 2. The van der Waals surface area contributed by atoms with Gasteiger partial charge in [0.2, 0.25) is 0 Å². The molecule has 0 aliphatic carbocycles. The molecule has 1 atom stereocenters. The van der Waals surface area contributed by atoms with E-state index in [2.05, 4.69) is 0 Å². The molecule has 0 aromatic heterocycles. The first kappa shape index (κ1) is 26.4. The molecule has 0 radical (unpaired) electrons. The van der Waals surface area contributed by atoms with Crippen LogP contribution in [0.25, 0.3) is 0 Å². The Kier molecular flexibility index (Phi) is 9.92. The Morgan fingerprint density at radius 1 is 0.939 bits per heavy atom. The lowest BCUT2D eigenvalue weighted by Crippen LogP contribution is -2.35.